The minimum absolute atomic E-state index is 0.185. The van der Waals surface area contributed by atoms with Crippen LogP contribution < -0.4 is 15.0 Å². The second-order valence-electron chi connectivity index (χ2n) is 6.08. The van der Waals surface area contributed by atoms with Crippen molar-refractivity contribution in [3.8, 4) is 23.6 Å². The van der Waals surface area contributed by atoms with E-state index in [9.17, 15) is 5.26 Å². The summed E-state index contributed by atoms with van der Waals surface area (Å²) >= 11 is 0. The third kappa shape index (κ3) is 4.42. The highest BCUT2D eigenvalue weighted by Crippen LogP contribution is 2.26. The van der Waals surface area contributed by atoms with Crippen LogP contribution in [0.1, 0.15) is 6.42 Å². The maximum Gasteiger partial charge on any atom is 0.127 e. The summed E-state index contributed by atoms with van der Waals surface area (Å²) in [7, 11) is 0. The van der Waals surface area contributed by atoms with Crippen molar-refractivity contribution in [2.75, 3.05) is 24.5 Å². The molecular weight excluding hydrogens is 324 g/mol. The van der Waals surface area contributed by atoms with Gasteiger partial charge in [-0.1, -0.05) is 18.2 Å². The van der Waals surface area contributed by atoms with E-state index in [2.05, 4.69) is 17.5 Å². The molecule has 0 aromatic heterocycles. The molecule has 26 heavy (non-hydrogen) atoms. The summed E-state index contributed by atoms with van der Waals surface area (Å²) in [5.74, 6) is 1.71. The third-order valence-corrected chi connectivity index (χ3v) is 4.31. The van der Waals surface area contributed by atoms with Crippen molar-refractivity contribution < 1.29 is 4.74 Å². The SMILES string of the molecule is N#CCN(C=C(C#N)C1CCNC1)c1ccc(Oc2ccccc2)cc1. The summed E-state index contributed by atoms with van der Waals surface area (Å²) in [5.41, 5.74) is 1.56. The van der Waals surface area contributed by atoms with Crippen molar-refractivity contribution in [3.05, 3.63) is 66.4 Å². The first-order chi connectivity index (χ1) is 12.8. The van der Waals surface area contributed by atoms with E-state index in [1.54, 1.807) is 6.20 Å². The molecule has 3 rings (SSSR count). The molecule has 1 fully saturated rings. The molecule has 1 aliphatic heterocycles. The van der Waals surface area contributed by atoms with Gasteiger partial charge in [-0.05, 0) is 49.4 Å². The lowest BCUT2D eigenvalue weighted by Gasteiger charge is -2.19. The van der Waals surface area contributed by atoms with Crippen molar-refractivity contribution in [3.63, 3.8) is 0 Å². The molecule has 2 aromatic carbocycles. The standard InChI is InChI=1S/C21H20N4O/c22-11-13-25(16-18(14-23)17-10-12-24-15-17)19-6-8-21(9-7-19)26-20-4-2-1-3-5-20/h1-9,16-17,24H,10,12-13,15H2. The van der Waals surface area contributed by atoms with Crippen LogP contribution in [-0.2, 0) is 0 Å². The molecule has 0 bridgehead atoms. The van der Waals surface area contributed by atoms with Crippen LogP contribution in [-0.4, -0.2) is 19.6 Å². The average molecular weight is 344 g/mol. The number of anilines is 1. The van der Waals surface area contributed by atoms with Gasteiger partial charge in [-0.15, -0.1) is 0 Å². The molecule has 5 nitrogen and oxygen atoms in total. The Morgan fingerprint density at radius 1 is 1.12 bits per heavy atom. The zero-order valence-electron chi connectivity index (χ0n) is 14.4. The van der Waals surface area contributed by atoms with Gasteiger partial charge in [0.15, 0.2) is 0 Å². The van der Waals surface area contributed by atoms with E-state index >= 15 is 0 Å². The topological polar surface area (TPSA) is 72.1 Å². The van der Waals surface area contributed by atoms with E-state index in [4.69, 9.17) is 10.00 Å². The van der Waals surface area contributed by atoms with Gasteiger partial charge in [-0.2, -0.15) is 10.5 Å². The Labute approximate surface area is 153 Å². The van der Waals surface area contributed by atoms with Gasteiger partial charge in [0.1, 0.15) is 18.0 Å². The number of hydrogen-bond donors (Lipinski definition) is 1. The first-order valence-electron chi connectivity index (χ1n) is 8.59. The number of rotatable bonds is 6. The molecule has 1 atom stereocenters. The Bertz CT molecular complexity index is 825. The third-order valence-electron chi connectivity index (χ3n) is 4.31. The number of hydrogen-bond acceptors (Lipinski definition) is 5. The zero-order valence-corrected chi connectivity index (χ0v) is 14.4. The molecule has 5 heteroatoms. The van der Waals surface area contributed by atoms with Gasteiger partial charge in [0.2, 0.25) is 0 Å². The van der Waals surface area contributed by atoms with Gasteiger partial charge >= 0.3 is 0 Å². The average Bonchev–Trinajstić information content (AvgIpc) is 3.21. The lowest BCUT2D eigenvalue weighted by Crippen LogP contribution is -2.19. The molecule has 0 aliphatic carbocycles. The molecule has 1 unspecified atom stereocenters. The van der Waals surface area contributed by atoms with Crippen LogP contribution in [0.15, 0.2) is 66.4 Å². The fraction of sp³-hybridized carbons (Fsp3) is 0.238. The molecule has 130 valence electrons. The number of nitriles is 2. The van der Waals surface area contributed by atoms with E-state index in [-0.39, 0.29) is 12.5 Å². The van der Waals surface area contributed by atoms with E-state index in [1.165, 1.54) is 0 Å². The molecular formula is C21H20N4O. The van der Waals surface area contributed by atoms with Crippen molar-refractivity contribution >= 4 is 5.69 Å². The monoisotopic (exact) mass is 344 g/mol. The van der Waals surface area contributed by atoms with E-state index < -0.39 is 0 Å². The fourth-order valence-electron chi connectivity index (χ4n) is 2.93. The van der Waals surface area contributed by atoms with Crippen molar-refractivity contribution in [2.45, 2.75) is 6.42 Å². The Kier molecular flexibility index (Phi) is 5.88. The molecule has 0 radical (unpaired) electrons. The van der Waals surface area contributed by atoms with Gasteiger partial charge in [0, 0.05) is 24.4 Å². The van der Waals surface area contributed by atoms with Gasteiger partial charge in [-0.25, -0.2) is 0 Å². The predicted octanol–water partition coefficient (Wildman–Crippen LogP) is 3.83. The minimum atomic E-state index is 0.185. The smallest absolute Gasteiger partial charge is 0.127 e. The molecule has 1 aliphatic rings. The molecule has 1 N–H and O–H groups in total. The molecule has 0 amide bonds. The summed E-state index contributed by atoms with van der Waals surface area (Å²) in [5, 5.41) is 21.9. The number of benzene rings is 2. The van der Waals surface area contributed by atoms with E-state index in [1.807, 2.05) is 59.5 Å². The quantitative estimate of drug-likeness (QED) is 0.637. The molecule has 1 heterocycles. The van der Waals surface area contributed by atoms with Crippen molar-refractivity contribution in [2.24, 2.45) is 5.92 Å². The minimum Gasteiger partial charge on any atom is -0.457 e. The Balaban J connectivity index is 1.77. The maximum absolute atomic E-state index is 9.48. The number of para-hydroxylation sites is 1. The van der Waals surface area contributed by atoms with Gasteiger partial charge in [0.25, 0.3) is 0 Å². The molecule has 2 aromatic rings. The van der Waals surface area contributed by atoms with Crippen molar-refractivity contribution in [1.29, 1.82) is 10.5 Å². The first-order valence-corrected chi connectivity index (χ1v) is 8.59. The fourth-order valence-corrected chi connectivity index (χ4v) is 2.93. The summed E-state index contributed by atoms with van der Waals surface area (Å²) in [6.07, 6.45) is 2.75. The lowest BCUT2D eigenvalue weighted by atomic mass is 10.00. The summed E-state index contributed by atoms with van der Waals surface area (Å²) in [4.78, 5) is 1.81. The summed E-state index contributed by atoms with van der Waals surface area (Å²) < 4.78 is 5.80. The Morgan fingerprint density at radius 3 is 2.46 bits per heavy atom. The predicted molar refractivity (Wildman–Crippen MR) is 101 cm³/mol. The lowest BCUT2D eigenvalue weighted by molar-refractivity contribution is 0.483. The van der Waals surface area contributed by atoms with Crippen LogP contribution in [0.5, 0.6) is 11.5 Å². The largest absolute Gasteiger partial charge is 0.457 e. The van der Waals surface area contributed by atoms with E-state index in [0.717, 1.165) is 36.7 Å². The molecule has 0 saturated carbocycles. The number of nitrogens with zero attached hydrogens (tertiary/aromatic N) is 3. The van der Waals surface area contributed by atoms with Crippen LogP contribution in [0.4, 0.5) is 5.69 Å². The van der Waals surface area contributed by atoms with Crippen LogP contribution in [0.25, 0.3) is 0 Å². The van der Waals surface area contributed by atoms with Gasteiger partial charge in [0.05, 0.1) is 17.7 Å². The van der Waals surface area contributed by atoms with Crippen LogP contribution >= 0.6 is 0 Å². The second kappa shape index (κ2) is 8.71. The second-order valence-corrected chi connectivity index (χ2v) is 6.08. The maximum atomic E-state index is 9.48. The van der Waals surface area contributed by atoms with Crippen LogP contribution in [0, 0.1) is 28.6 Å². The first kappa shape index (κ1) is 17.5. The Morgan fingerprint density at radius 2 is 1.85 bits per heavy atom. The summed E-state index contributed by atoms with van der Waals surface area (Å²) in [6, 6.07) is 21.6. The highest BCUT2D eigenvalue weighted by molar-refractivity contribution is 5.54. The summed E-state index contributed by atoms with van der Waals surface area (Å²) in [6.45, 7) is 1.92. The van der Waals surface area contributed by atoms with Crippen molar-refractivity contribution in [1.82, 2.24) is 5.32 Å². The zero-order chi connectivity index (χ0) is 18.2. The van der Waals surface area contributed by atoms with Crippen LogP contribution in [0.3, 0.4) is 0 Å². The highest BCUT2D eigenvalue weighted by atomic mass is 16.5. The highest BCUT2D eigenvalue weighted by Gasteiger charge is 2.20. The van der Waals surface area contributed by atoms with Gasteiger partial charge < -0.3 is 15.0 Å². The van der Waals surface area contributed by atoms with E-state index in [0.29, 0.717) is 5.57 Å². The molecule has 0 spiro atoms. The van der Waals surface area contributed by atoms with Gasteiger partial charge in [-0.3, -0.25) is 0 Å². The number of ether oxygens (including phenoxy) is 1. The normalized spacial score (nSPS) is 16.5. The van der Waals surface area contributed by atoms with Crippen LogP contribution in [0.2, 0.25) is 0 Å². The molecule has 1 saturated heterocycles. The Hall–Kier alpha value is -3.28. The number of nitrogens with one attached hydrogen (secondary N) is 1.